The summed E-state index contributed by atoms with van der Waals surface area (Å²) in [5.41, 5.74) is 4.06. The Balaban J connectivity index is 1.79. The van der Waals surface area contributed by atoms with Crippen LogP contribution in [-0.2, 0) is 14.3 Å². The number of rotatable bonds is 2. The van der Waals surface area contributed by atoms with Gasteiger partial charge < -0.3 is 14.6 Å². The predicted molar refractivity (Wildman–Crippen MR) is 104 cm³/mol. The number of esters is 1. The van der Waals surface area contributed by atoms with E-state index in [1.807, 2.05) is 0 Å². The minimum Gasteiger partial charge on any atom is -0.497 e. The molecular weight excluding hydrogens is 340 g/mol. The van der Waals surface area contributed by atoms with Gasteiger partial charge >= 0.3 is 5.97 Å². The first-order valence-corrected chi connectivity index (χ1v) is 10.2. The molecular formula is C23H32O4. The topological polar surface area (TPSA) is 55.8 Å². The molecule has 0 aliphatic heterocycles. The molecule has 0 aromatic carbocycles. The average molecular weight is 373 g/mol. The van der Waals surface area contributed by atoms with Crippen LogP contribution in [0.25, 0.3) is 0 Å². The van der Waals surface area contributed by atoms with Gasteiger partial charge in [0.25, 0.3) is 0 Å². The zero-order valence-corrected chi connectivity index (χ0v) is 17.2. The zero-order chi connectivity index (χ0) is 19.6. The summed E-state index contributed by atoms with van der Waals surface area (Å²) in [5.74, 6) is 1.37. The van der Waals surface area contributed by atoms with Crippen molar-refractivity contribution in [3.8, 4) is 0 Å². The Morgan fingerprint density at radius 1 is 1.19 bits per heavy atom. The lowest BCUT2D eigenvalue weighted by Crippen LogP contribution is -2.48. The molecule has 0 aromatic heterocycles. The predicted octanol–water partition coefficient (Wildman–Crippen LogP) is 4.30. The van der Waals surface area contributed by atoms with Crippen LogP contribution in [0.3, 0.4) is 0 Å². The van der Waals surface area contributed by atoms with Crippen LogP contribution in [0.4, 0.5) is 0 Å². The van der Waals surface area contributed by atoms with Crippen LogP contribution in [-0.4, -0.2) is 30.4 Å². The number of hydrogen-bond acceptors (Lipinski definition) is 4. The van der Waals surface area contributed by atoms with Gasteiger partial charge in [-0.3, -0.25) is 4.79 Å². The second-order valence-corrected chi connectivity index (χ2v) is 9.45. The fourth-order valence-corrected chi connectivity index (χ4v) is 6.57. The second kappa shape index (κ2) is 6.23. The number of aliphatic hydroxyl groups excluding tert-OH is 1. The molecule has 2 saturated carbocycles. The van der Waals surface area contributed by atoms with Crippen molar-refractivity contribution in [3.05, 3.63) is 34.6 Å². The van der Waals surface area contributed by atoms with Crippen LogP contribution in [0.1, 0.15) is 59.8 Å². The molecule has 0 amide bonds. The van der Waals surface area contributed by atoms with Crippen molar-refractivity contribution in [2.45, 2.75) is 72.0 Å². The highest BCUT2D eigenvalue weighted by Gasteiger charge is 2.57. The lowest BCUT2D eigenvalue weighted by molar-refractivity contribution is -0.148. The molecule has 0 radical (unpaired) electrons. The first kappa shape index (κ1) is 18.8. The van der Waals surface area contributed by atoms with E-state index in [9.17, 15) is 9.90 Å². The van der Waals surface area contributed by atoms with E-state index in [1.165, 1.54) is 23.6 Å². The first-order chi connectivity index (χ1) is 12.7. The molecule has 27 heavy (non-hydrogen) atoms. The molecule has 0 spiro atoms. The SMILES string of the molecule is COC1=CC2=C(C)C=C3[C@@H]4CC[C@H](O)[C@@]4(C)CC[C@@H]3[C@@]2(C)CC1OC(C)=O. The van der Waals surface area contributed by atoms with E-state index in [0.29, 0.717) is 11.8 Å². The highest BCUT2D eigenvalue weighted by molar-refractivity contribution is 5.66. The molecule has 4 rings (SSSR count). The summed E-state index contributed by atoms with van der Waals surface area (Å²) in [6, 6.07) is 0. The lowest BCUT2D eigenvalue weighted by Gasteiger charge is -2.54. The third-order valence-electron chi connectivity index (χ3n) is 8.01. The molecule has 2 fully saturated rings. The Labute approximate surface area is 162 Å². The van der Waals surface area contributed by atoms with Crippen LogP contribution in [0.2, 0.25) is 0 Å². The molecule has 4 heteroatoms. The van der Waals surface area contributed by atoms with Gasteiger partial charge in [-0.25, -0.2) is 0 Å². The van der Waals surface area contributed by atoms with Gasteiger partial charge in [0.15, 0.2) is 6.10 Å². The molecule has 4 aliphatic carbocycles. The van der Waals surface area contributed by atoms with Gasteiger partial charge in [-0.05, 0) is 61.7 Å². The van der Waals surface area contributed by atoms with Crippen molar-refractivity contribution in [2.75, 3.05) is 7.11 Å². The molecule has 148 valence electrons. The largest absolute Gasteiger partial charge is 0.497 e. The summed E-state index contributed by atoms with van der Waals surface area (Å²) in [6.07, 6.45) is 8.85. The molecule has 0 heterocycles. The Hall–Kier alpha value is -1.55. The van der Waals surface area contributed by atoms with Gasteiger partial charge in [0, 0.05) is 24.2 Å². The summed E-state index contributed by atoms with van der Waals surface area (Å²) in [7, 11) is 1.65. The Kier molecular flexibility index (Phi) is 4.34. The van der Waals surface area contributed by atoms with E-state index in [4.69, 9.17) is 9.47 Å². The Morgan fingerprint density at radius 2 is 1.93 bits per heavy atom. The average Bonchev–Trinajstić information content (AvgIpc) is 2.89. The molecule has 1 unspecified atom stereocenters. The van der Waals surface area contributed by atoms with Crippen molar-refractivity contribution >= 4 is 5.97 Å². The molecule has 0 saturated heterocycles. The van der Waals surface area contributed by atoms with Crippen LogP contribution < -0.4 is 0 Å². The number of hydrogen-bond donors (Lipinski definition) is 1. The summed E-state index contributed by atoms with van der Waals surface area (Å²) in [6.45, 7) is 8.25. The maximum atomic E-state index is 11.7. The molecule has 1 N–H and O–H groups in total. The van der Waals surface area contributed by atoms with Gasteiger partial charge in [-0.15, -0.1) is 0 Å². The number of allylic oxidation sites excluding steroid dienone is 5. The van der Waals surface area contributed by atoms with E-state index in [1.54, 1.807) is 7.11 Å². The highest BCUT2D eigenvalue weighted by atomic mass is 16.6. The van der Waals surface area contributed by atoms with Crippen LogP contribution in [0.15, 0.2) is 34.6 Å². The van der Waals surface area contributed by atoms with Crippen molar-refractivity contribution < 1.29 is 19.4 Å². The molecule has 0 aromatic rings. The van der Waals surface area contributed by atoms with Crippen LogP contribution in [0.5, 0.6) is 0 Å². The maximum absolute atomic E-state index is 11.7. The number of aliphatic hydroxyl groups is 1. The first-order valence-electron chi connectivity index (χ1n) is 10.2. The molecule has 4 nitrogen and oxygen atoms in total. The molecule has 0 bridgehead atoms. The van der Waals surface area contributed by atoms with E-state index < -0.39 is 0 Å². The van der Waals surface area contributed by atoms with Gasteiger partial charge in [-0.2, -0.15) is 0 Å². The van der Waals surface area contributed by atoms with E-state index in [-0.39, 0.29) is 29.0 Å². The van der Waals surface area contributed by atoms with Crippen molar-refractivity contribution in [3.63, 3.8) is 0 Å². The third kappa shape index (κ3) is 2.63. The van der Waals surface area contributed by atoms with Gasteiger partial charge in [0.1, 0.15) is 5.76 Å². The number of ether oxygens (including phenoxy) is 2. The fourth-order valence-electron chi connectivity index (χ4n) is 6.57. The lowest BCUT2D eigenvalue weighted by atomic mass is 9.51. The summed E-state index contributed by atoms with van der Waals surface area (Å²) < 4.78 is 11.2. The van der Waals surface area contributed by atoms with Gasteiger partial charge in [-0.1, -0.05) is 25.5 Å². The van der Waals surface area contributed by atoms with Crippen molar-refractivity contribution in [1.29, 1.82) is 0 Å². The Morgan fingerprint density at radius 3 is 2.59 bits per heavy atom. The van der Waals surface area contributed by atoms with Gasteiger partial charge in [0.05, 0.1) is 13.2 Å². The van der Waals surface area contributed by atoms with E-state index >= 15 is 0 Å². The smallest absolute Gasteiger partial charge is 0.303 e. The van der Waals surface area contributed by atoms with E-state index in [2.05, 4.69) is 32.9 Å². The van der Waals surface area contributed by atoms with Crippen molar-refractivity contribution in [1.82, 2.24) is 0 Å². The standard InChI is InChI=1S/C23H32O4/c1-13-10-15-16-6-7-21(25)22(16,3)9-8-17(15)23(4)12-20(27-14(2)24)19(26-5)11-18(13)23/h10-11,16-17,20-21,25H,6-9,12H2,1-5H3/t16-,17-,20?,21-,22-,23+/m0/s1. The third-order valence-corrected chi connectivity index (χ3v) is 8.01. The Bertz CT molecular complexity index is 760. The monoisotopic (exact) mass is 372 g/mol. The number of fused-ring (bicyclic) bond motifs is 5. The minimum absolute atomic E-state index is 0.00790. The van der Waals surface area contributed by atoms with Gasteiger partial charge in [0.2, 0.25) is 0 Å². The van der Waals surface area contributed by atoms with E-state index in [0.717, 1.165) is 37.9 Å². The molecule has 4 aliphatic rings. The zero-order valence-electron chi connectivity index (χ0n) is 17.2. The number of carbonyl (C=O) groups is 1. The second-order valence-electron chi connectivity index (χ2n) is 9.45. The molecule has 6 atom stereocenters. The minimum atomic E-state index is -0.323. The van der Waals surface area contributed by atoms with Crippen LogP contribution in [0, 0.1) is 22.7 Å². The quantitative estimate of drug-likeness (QED) is 0.734. The summed E-state index contributed by atoms with van der Waals surface area (Å²) >= 11 is 0. The summed E-state index contributed by atoms with van der Waals surface area (Å²) in [5, 5.41) is 10.6. The fraction of sp³-hybridized carbons (Fsp3) is 0.696. The van der Waals surface area contributed by atoms with Crippen molar-refractivity contribution in [2.24, 2.45) is 22.7 Å². The number of carbonyl (C=O) groups excluding carboxylic acids is 1. The van der Waals surface area contributed by atoms with Crippen LogP contribution >= 0.6 is 0 Å². The normalized spacial score (nSPS) is 43.2. The number of methoxy groups -OCH3 is 1. The summed E-state index contributed by atoms with van der Waals surface area (Å²) in [4.78, 5) is 11.7. The highest BCUT2D eigenvalue weighted by Crippen LogP contribution is 2.64. The maximum Gasteiger partial charge on any atom is 0.303 e.